The van der Waals surface area contributed by atoms with Crippen LogP contribution in [0.3, 0.4) is 0 Å². The van der Waals surface area contributed by atoms with E-state index in [0.29, 0.717) is 6.54 Å². The van der Waals surface area contributed by atoms with Gasteiger partial charge in [0.05, 0.1) is 11.7 Å². The smallest absolute Gasteiger partial charge is 0.255 e. The summed E-state index contributed by atoms with van der Waals surface area (Å²) in [5, 5.41) is 31.0. The summed E-state index contributed by atoms with van der Waals surface area (Å²) in [5.41, 5.74) is 0.125. The third kappa shape index (κ3) is 2.73. The lowest BCUT2D eigenvalue weighted by molar-refractivity contribution is 0.0914. The quantitative estimate of drug-likeness (QED) is 0.645. The van der Waals surface area contributed by atoms with Crippen molar-refractivity contribution < 1.29 is 20.1 Å². The van der Waals surface area contributed by atoms with E-state index in [1.807, 2.05) is 0 Å². The van der Waals surface area contributed by atoms with Gasteiger partial charge in [-0.25, -0.2) is 0 Å². The van der Waals surface area contributed by atoms with Gasteiger partial charge in [0, 0.05) is 18.5 Å². The van der Waals surface area contributed by atoms with Crippen molar-refractivity contribution in [3.05, 3.63) is 23.8 Å². The number of rotatable bonds is 3. The summed E-state index contributed by atoms with van der Waals surface area (Å²) in [6.07, 6.45) is 2.32. The first-order chi connectivity index (χ1) is 8.58. The molecule has 2 rings (SSSR count). The number of aromatic hydroxyl groups is 2. The molecule has 1 amide bonds. The van der Waals surface area contributed by atoms with Crippen molar-refractivity contribution >= 4 is 5.91 Å². The van der Waals surface area contributed by atoms with Crippen molar-refractivity contribution in [1.29, 1.82) is 0 Å². The maximum Gasteiger partial charge on any atom is 0.255 e. The molecular formula is C13H17NO4. The van der Waals surface area contributed by atoms with Gasteiger partial charge in [-0.3, -0.25) is 4.79 Å². The molecule has 1 aliphatic rings. The fourth-order valence-corrected chi connectivity index (χ4v) is 2.29. The predicted molar refractivity (Wildman–Crippen MR) is 65.5 cm³/mol. The molecular weight excluding hydrogens is 234 g/mol. The second-order valence-corrected chi connectivity index (χ2v) is 4.67. The molecule has 1 fully saturated rings. The molecule has 1 aromatic carbocycles. The number of aliphatic hydroxyl groups is 1. The Labute approximate surface area is 105 Å². The van der Waals surface area contributed by atoms with Crippen LogP contribution in [0.1, 0.15) is 29.6 Å². The summed E-state index contributed by atoms with van der Waals surface area (Å²) in [6.45, 7) is 0.403. The zero-order valence-corrected chi connectivity index (χ0v) is 9.97. The van der Waals surface area contributed by atoms with Gasteiger partial charge < -0.3 is 20.6 Å². The molecule has 2 atom stereocenters. The number of hydrogen-bond donors (Lipinski definition) is 4. The molecule has 2 unspecified atom stereocenters. The first-order valence-corrected chi connectivity index (χ1v) is 6.06. The Morgan fingerprint density at radius 1 is 1.33 bits per heavy atom. The molecule has 5 nitrogen and oxygen atoms in total. The van der Waals surface area contributed by atoms with Gasteiger partial charge in [0.2, 0.25) is 0 Å². The van der Waals surface area contributed by atoms with E-state index in [4.69, 9.17) is 5.11 Å². The standard InChI is InChI=1S/C13H17NO4/c15-9-4-5-10(12(17)6-9)13(18)14-7-8-2-1-3-11(8)16/h4-6,8,11,15-17H,1-3,7H2,(H,14,18). The molecule has 0 bridgehead atoms. The first-order valence-electron chi connectivity index (χ1n) is 6.06. The van der Waals surface area contributed by atoms with Gasteiger partial charge in [0.15, 0.2) is 0 Å². The molecule has 5 heteroatoms. The minimum absolute atomic E-state index is 0.0877. The van der Waals surface area contributed by atoms with Gasteiger partial charge in [-0.15, -0.1) is 0 Å². The van der Waals surface area contributed by atoms with Gasteiger partial charge in [-0.2, -0.15) is 0 Å². The number of nitrogens with one attached hydrogen (secondary N) is 1. The van der Waals surface area contributed by atoms with Gasteiger partial charge in [-0.05, 0) is 25.0 Å². The molecule has 98 valence electrons. The van der Waals surface area contributed by atoms with E-state index in [0.717, 1.165) is 25.3 Å². The van der Waals surface area contributed by atoms with Crippen LogP contribution < -0.4 is 5.32 Å². The Balaban J connectivity index is 1.95. The van der Waals surface area contributed by atoms with Crippen molar-refractivity contribution in [1.82, 2.24) is 5.32 Å². The molecule has 4 N–H and O–H groups in total. The highest BCUT2D eigenvalue weighted by molar-refractivity contribution is 5.96. The fraction of sp³-hybridized carbons (Fsp3) is 0.462. The number of carbonyl (C=O) groups is 1. The van der Waals surface area contributed by atoms with Crippen molar-refractivity contribution in [2.24, 2.45) is 5.92 Å². The zero-order valence-electron chi connectivity index (χ0n) is 9.97. The number of aliphatic hydroxyl groups excluding tert-OH is 1. The summed E-state index contributed by atoms with van der Waals surface area (Å²) in [7, 11) is 0. The molecule has 0 aliphatic heterocycles. The van der Waals surface area contributed by atoms with Crippen LogP contribution >= 0.6 is 0 Å². The summed E-state index contributed by atoms with van der Waals surface area (Å²) in [6, 6.07) is 3.84. The third-order valence-electron chi connectivity index (χ3n) is 3.37. The summed E-state index contributed by atoms with van der Waals surface area (Å²) in [4.78, 5) is 11.8. The topological polar surface area (TPSA) is 89.8 Å². The van der Waals surface area contributed by atoms with Gasteiger partial charge in [-0.1, -0.05) is 6.42 Å². The number of hydrogen-bond acceptors (Lipinski definition) is 4. The van der Waals surface area contributed by atoms with Crippen LogP contribution in [0.5, 0.6) is 11.5 Å². The molecule has 1 aliphatic carbocycles. The fourth-order valence-electron chi connectivity index (χ4n) is 2.29. The van der Waals surface area contributed by atoms with Crippen LogP contribution in [0, 0.1) is 5.92 Å². The Hall–Kier alpha value is -1.75. The molecule has 0 heterocycles. The Bertz CT molecular complexity index is 447. The van der Waals surface area contributed by atoms with E-state index in [-0.39, 0.29) is 29.1 Å². The lowest BCUT2D eigenvalue weighted by Crippen LogP contribution is -2.32. The molecule has 0 spiro atoms. The number of phenolic OH excluding ortho intramolecular Hbond substituents is 2. The van der Waals surface area contributed by atoms with Crippen molar-refractivity contribution in [3.8, 4) is 11.5 Å². The lowest BCUT2D eigenvalue weighted by Gasteiger charge is -2.15. The minimum atomic E-state index is -0.397. The summed E-state index contributed by atoms with van der Waals surface area (Å²) >= 11 is 0. The van der Waals surface area contributed by atoms with Crippen LogP contribution in [0.4, 0.5) is 0 Å². The molecule has 0 radical (unpaired) electrons. The first kappa shape index (κ1) is 12.7. The second-order valence-electron chi connectivity index (χ2n) is 4.67. The molecule has 1 saturated carbocycles. The molecule has 18 heavy (non-hydrogen) atoms. The van der Waals surface area contributed by atoms with Gasteiger partial charge in [0.25, 0.3) is 5.91 Å². The maximum atomic E-state index is 11.8. The molecule has 0 saturated heterocycles. The van der Waals surface area contributed by atoms with E-state index in [1.54, 1.807) is 0 Å². The van der Waals surface area contributed by atoms with Crippen molar-refractivity contribution in [2.45, 2.75) is 25.4 Å². The number of benzene rings is 1. The normalized spacial score (nSPS) is 22.9. The van der Waals surface area contributed by atoms with Gasteiger partial charge in [0.1, 0.15) is 11.5 Å². The lowest BCUT2D eigenvalue weighted by atomic mass is 10.1. The van der Waals surface area contributed by atoms with Crippen LogP contribution in [-0.2, 0) is 0 Å². The molecule has 0 aromatic heterocycles. The monoisotopic (exact) mass is 251 g/mol. The Kier molecular flexibility index (Phi) is 3.72. The van der Waals surface area contributed by atoms with Crippen molar-refractivity contribution in [2.75, 3.05) is 6.54 Å². The average Bonchev–Trinajstić information content (AvgIpc) is 2.72. The predicted octanol–water partition coefficient (Wildman–Crippen LogP) is 0.989. The van der Waals surface area contributed by atoms with Gasteiger partial charge >= 0.3 is 0 Å². The van der Waals surface area contributed by atoms with Crippen LogP contribution in [0.2, 0.25) is 0 Å². The van der Waals surface area contributed by atoms with Crippen molar-refractivity contribution in [3.63, 3.8) is 0 Å². The highest BCUT2D eigenvalue weighted by atomic mass is 16.3. The van der Waals surface area contributed by atoms with Crippen LogP contribution in [0.15, 0.2) is 18.2 Å². The summed E-state index contributed by atoms with van der Waals surface area (Å²) < 4.78 is 0. The van der Waals surface area contributed by atoms with E-state index in [2.05, 4.69) is 5.32 Å². The van der Waals surface area contributed by atoms with E-state index in [9.17, 15) is 15.0 Å². The number of carbonyl (C=O) groups excluding carboxylic acids is 1. The summed E-state index contributed by atoms with van der Waals surface area (Å²) in [5.74, 6) is -0.644. The maximum absolute atomic E-state index is 11.8. The Morgan fingerprint density at radius 2 is 2.11 bits per heavy atom. The molecule has 1 aromatic rings. The SMILES string of the molecule is O=C(NCC1CCCC1O)c1ccc(O)cc1O. The number of phenols is 2. The average molecular weight is 251 g/mol. The van der Waals surface area contributed by atoms with E-state index in [1.165, 1.54) is 12.1 Å². The number of amides is 1. The van der Waals surface area contributed by atoms with Crippen LogP contribution in [0.25, 0.3) is 0 Å². The zero-order chi connectivity index (χ0) is 13.1. The second kappa shape index (κ2) is 5.27. The highest BCUT2D eigenvalue weighted by Crippen LogP contribution is 2.25. The Morgan fingerprint density at radius 3 is 2.72 bits per heavy atom. The van der Waals surface area contributed by atoms with E-state index >= 15 is 0 Å². The third-order valence-corrected chi connectivity index (χ3v) is 3.37. The highest BCUT2D eigenvalue weighted by Gasteiger charge is 2.25. The van der Waals surface area contributed by atoms with E-state index < -0.39 is 5.91 Å². The van der Waals surface area contributed by atoms with Crippen LogP contribution in [-0.4, -0.2) is 33.9 Å². The minimum Gasteiger partial charge on any atom is -0.508 e. The largest absolute Gasteiger partial charge is 0.508 e.